The smallest absolute Gasteiger partial charge is 0.225 e. The van der Waals surface area contributed by atoms with Crippen molar-refractivity contribution in [2.75, 3.05) is 36.0 Å². The molecule has 0 bridgehead atoms. The number of benzene rings is 1. The SMILES string of the molecule is O=C1CC(c2ccc(Cl)cc2)Cc2nc(N3CCN(c4ccccn4)CC3)ncc21. The van der Waals surface area contributed by atoms with Gasteiger partial charge >= 0.3 is 0 Å². The van der Waals surface area contributed by atoms with Crippen LogP contribution in [0.15, 0.2) is 54.9 Å². The highest BCUT2D eigenvalue weighted by Gasteiger charge is 2.29. The van der Waals surface area contributed by atoms with Crippen molar-refractivity contribution in [3.8, 4) is 0 Å². The topological polar surface area (TPSA) is 62.2 Å². The minimum atomic E-state index is 0.114. The second-order valence-electron chi connectivity index (χ2n) is 7.77. The van der Waals surface area contributed by atoms with Crippen LogP contribution in [0.4, 0.5) is 11.8 Å². The highest BCUT2D eigenvalue weighted by atomic mass is 35.5. The molecule has 5 rings (SSSR count). The van der Waals surface area contributed by atoms with E-state index in [2.05, 4.69) is 19.8 Å². The summed E-state index contributed by atoms with van der Waals surface area (Å²) in [6, 6.07) is 13.7. The van der Waals surface area contributed by atoms with E-state index in [1.54, 1.807) is 6.20 Å². The average Bonchev–Trinajstić information content (AvgIpc) is 2.80. The second-order valence-corrected chi connectivity index (χ2v) is 8.21. The normalized spacial score (nSPS) is 19.0. The predicted molar refractivity (Wildman–Crippen MR) is 118 cm³/mol. The summed E-state index contributed by atoms with van der Waals surface area (Å²) in [5.74, 6) is 1.95. The number of fused-ring (bicyclic) bond motifs is 1. The number of ketones is 1. The fourth-order valence-corrected chi connectivity index (χ4v) is 4.36. The van der Waals surface area contributed by atoms with E-state index in [0.717, 1.165) is 49.7 Å². The molecule has 1 fully saturated rings. The first kappa shape index (κ1) is 19.0. The largest absolute Gasteiger partial charge is 0.353 e. The average molecular weight is 420 g/mol. The van der Waals surface area contributed by atoms with Crippen molar-refractivity contribution < 1.29 is 4.79 Å². The zero-order valence-corrected chi connectivity index (χ0v) is 17.3. The van der Waals surface area contributed by atoms with E-state index in [4.69, 9.17) is 16.6 Å². The summed E-state index contributed by atoms with van der Waals surface area (Å²) in [5, 5.41) is 0.704. The number of nitrogens with zero attached hydrogens (tertiary/aromatic N) is 5. The van der Waals surface area contributed by atoms with Gasteiger partial charge < -0.3 is 9.80 Å². The van der Waals surface area contributed by atoms with Crippen LogP contribution in [-0.2, 0) is 6.42 Å². The fraction of sp³-hybridized carbons (Fsp3) is 0.304. The van der Waals surface area contributed by atoms with Crippen LogP contribution in [0.5, 0.6) is 0 Å². The van der Waals surface area contributed by atoms with Gasteiger partial charge in [-0.1, -0.05) is 29.8 Å². The van der Waals surface area contributed by atoms with Crippen molar-refractivity contribution in [1.29, 1.82) is 0 Å². The molecule has 1 unspecified atom stereocenters. The van der Waals surface area contributed by atoms with Gasteiger partial charge in [0.05, 0.1) is 11.3 Å². The molecule has 0 amide bonds. The third kappa shape index (κ3) is 3.75. The van der Waals surface area contributed by atoms with Crippen LogP contribution in [0, 0.1) is 0 Å². The predicted octanol–water partition coefficient (Wildman–Crippen LogP) is 3.76. The van der Waals surface area contributed by atoms with Crippen molar-refractivity contribution in [3.05, 3.63) is 76.7 Å². The molecular formula is C23H22ClN5O. The maximum absolute atomic E-state index is 12.7. The Morgan fingerprint density at radius 2 is 1.67 bits per heavy atom. The van der Waals surface area contributed by atoms with E-state index in [1.165, 1.54) is 0 Å². The zero-order chi connectivity index (χ0) is 20.5. The van der Waals surface area contributed by atoms with Crippen LogP contribution < -0.4 is 9.80 Å². The Balaban J connectivity index is 1.32. The van der Waals surface area contributed by atoms with E-state index in [-0.39, 0.29) is 11.7 Å². The van der Waals surface area contributed by atoms with Gasteiger partial charge in [-0.3, -0.25) is 4.79 Å². The molecule has 30 heavy (non-hydrogen) atoms. The number of anilines is 2. The summed E-state index contributed by atoms with van der Waals surface area (Å²) in [7, 11) is 0. The van der Waals surface area contributed by atoms with Gasteiger partial charge in [0, 0.05) is 50.0 Å². The Morgan fingerprint density at radius 1 is 0.900 bits per heavy atom. The van der Waals surface area contributed by atoms with Crippen LogP contribution in [0.3, 0.4) is 0 Å². The summed E-state index contributed by atoms with van der Waals surface area (Å²) >= 11 is 6.02. The van der Waals surface area contributed by atoms with Crippen LogP contribution in [0.2, 0.25) is 5.02 Å². The number of hydrogen-bond acceptors (Lipinski definition) is 6. The first-order valence-corrected chi connectivity index (χ1v) is 10.6. The lowest BCUT2D eigenvalue weighted by atomic mass is 9.82. The number of pyridine rings is 1. The van der Waals surface area contributed by atoms with E-state index in [0.29, 0.717) is 23.0 Å². The number of halogens is 1. The number of aromatic nitrogens is 3. The Bertz CT molecular complexity index is 1050. The monoisotopic (exact) mass is 419 g/mol. The Kier molecular flexibility index (Phi) is 5.09. The molecule has 152 valence electrons. The third-order valence-electron chi connectivity index (χ3n) is 5.90. The van der Waals surface area contributed by atoms with Crippen molar-refractivity contribution >= 4 is 29.2 Å². The molecule has 7 heteroatoms. The van der Waals surface area contributed by atoms with E-state index in [1.807, 2.05) is 48.7 Å². The number of carbonyl (C=O) groups is 1. The Labute approximate surface area is 180 Å². The second kappa shape index (κ2) is 8.03. The van der Waals surface area contributed by atoms with Gasteiger partial charge in [0.2, 0.25) is 5.95 Å². The van der Waals surface area contributed by atoms with Crippen molar-refractivity contribution in [1.82, 2.24) is 15.0 Å². The quantitative estimate of drug-likeness (QED) is 0.644. The van der Waals surface area contributed by atoms with Gasteiger partial charge in [-0.15, -0.1) is 0 Å². The molecule has 6 nitrogen and oxygen atoms in total. The minimum absolute atomic E-state index is 0.114. The van der Waals surface area contributed by atoms with Crippen LogP contribution >= 0.6 is 11.6 Å². The third-order valence-corrected chi connectivity index (χ3v) is 6.16. The molecular weight excluding hydrogens is 398 g/mol. The van der Waals surface area contributed by atoms with Crippen molar-refractivity contribution in [2.24, 2.45) is 0 Å². The van der Waals surface area contributed by atoms with Crippen molar-refractivity contribution in [3.63, 3.8) is 0 Å². The van der Waals surface area contributed by atoms with Crippen LogP contribution in [-0.4, -0.2) is 46.9 Å². The number of carbonyl (C=O) groups excluding carboxylic acids is 1. The maximum Gasteiger partial charge on any atom is 0.225 e. The summed E-state index contributed by atoms with van der Waals surface area (Å²) in [6.07, 6.45) is 4.76. The Hall–Kier alpha value is -2.99. The lowest BCUT2D eigenvalue weighted by Crippen LogP contribution is -2.47. The van der Waals surface area contributed by atoms with Gasteiger partial charge in [-0.05, 0) is 42.2 Å². The number of piperazine rings is 1. The standard InChI is InChI=1S/C23H22ClN5O/c24-18-6-4-16(5-7-18)17-13-20-19(21(30)14-17)15-26-23(27-20)29-11-9-28(10-12-29)22-3-1-2-8-25-22/h1-8,15,17H,9-14H2. The first-order chi connectivity index (χ1) is 14.7. The summed E-state index contributed by atoms with van der Waals surface area (Å²) < 4.78 is 0. The number of Topliss-reactive ketones (excluding diaryl/α,β-unsaturated/α-hetero) is 1. The molecule has 1 aliphatic heterocycles. The highest BCUT2D eigenvalue weighted by molar-refractivity contribution is 6.30. The molecule has 0 spiro atoms. The zero-order valence-electron chi connectivity index (χ0n) is 16.5. The molecule has 3 aromatic rings. The van der Waals surface area contributed by atoms with Gasteiger partial charge in [0.1, 0.15) is 5.82 Å². The molecule has 2 aliphatic rings. The van der Waals surface area contributed by atoms with Crippen molar-refractivity contribution in [2.45, 2.75) is 18.8 Å². The molecule has 0 N–H and O–H groups in total. The molecule has 3 heterocycles. The molecule has 0 saturated carbocycles. The number of hydrogen-bond donors (Lipinski definition) is 0. The van der Waals surface area contributed by atoms with Gasteiger partial charge in [-0.25, -0.2) is 15.0 Å². The lowest BCUT2D eigenvalue weighted by Gasteiger charge is -2.35. The van der Waals surface area contributed by atoms with Crippen LogP contribution in [0.1, 0.15) is 34.0 Å². The van der Waals surface area contributed by atoms with E-state index < -0.39 is 0 Å². The van der Waals surface area contributed by atoms with Gasteiger partial charge in [0.15, 0.2) is 5.78 Å². The Morgan fingerprint density at radius 3 is 2.40 bits per heavy atom. The molecule has 1 aliphatic carbocycles. The molecule has 0 radical (unpaired) electrons. The number of rotatable bonds is 3. The summed E-state index contributed by atoms with van der Waals surface area (Å²) in [5.41, 5.74) is 2.64. The molecule has 1 aromatic carbocycles. The summed E-state index contributed by atoms with van der Waals surface area (Å²) in [4.78, 5) is 30.9. The molecule has 1 atom stereocenters. The molecule has 2 aromatic heterocycles. The van der Waals surface area contributed by atoms with Crippen LogP contribution in [0.25, 0.3) is 0 Å². The van der Waals surface area contributed by atoms with E-state index >= 15 is 0 Å². The maximum atomic E-state index is 12.7. The summed E-state index contributed by atoms with van der Waals surface area (Å²) in [6.45, 7) is 3.38. The first-order valence-electron chi connectivity index (χ1n) is 10.2. The minimum Gasteiger partial charge on any atom is -0.353 e. The highest BCUT2D eigenvalue weighted by Crippen LogP contribution is 2.33. The van der Waals surface area contributed by atoms with Gasteiger partial charge in [-0.2, -0.15) is 0 Å². The van der Waals surface area contributed by atoms with E-state index in [9.17, 15) is 4.79 Å². The lowest BCUT2D eigenvalue weighted by molar-refractivity contribution is 0.0962. The molecule has 1 saturated heterocycles. The van der Waals surface area contributed by atoms with Gasteiger partial charge in [0.25, 0.3) is 0 Å². The fourth-order valence-electron chi connectivity index (χ4n) is 4.23.